The first-order chi connectivity index (χ1) is 13.8. The van der Waals surface area contributed by atoms with Crippen molar-refractivity contribution in [3.05, 3.63) is 30.4 Å². The van der Waals surface area contributed by atoms with E-state index in [-0.39, 0.29) is 5.91 Å². The van der Waals surface area contributed by atoms with E-state index in [1.807, 2.05) is 15.7 Å². The average molecular weight is 387 g/mol. The summed E-state index contributed by atoms with van der Waals surface area (Å²) < 4.78 is 12.8. The number of carbonyl (C=O) groups is 1. The van der Waals surface area contributed by atoms with Gasteiger partial charge in [-0.25, -0.2) is 4.98 Å². The minimum absolute atomic E-state index is 0.236. The van der Waals surface area contributed by atoms with Crippen LogP contribution in [0.2, 0.25) is 0 Å². The summed E-state index contributed by atoms with van der Waals surface area (Å²) in [5.41, 5.74) is 0. The van der Waals surface area contributed by atoms with Crippen molar-refractivity contribution in [1.82, 2.24) is 24.6 Å². The number of rotatable bonds is 7. The van der Waals surface area contributed by atoms with Gasteiger partial charge < -0.3 is 18.7 Å². The Morgan fingerprint density at radius 1 is 1.25 bits per heavy atom. The molecule has 4 heterocycles. The lowest BCUT2D eigenvalue weighted by Crippen LogP contribution is -2.40. The molecule has 0 spiro atoms. The van der Waals surface area contributed by atoms with Crippen LogP contribution in [0.1, 0.15) is 56.2 Å². The maximum absolute atomic E-state index is 12.5. The number of aromatic nitrogens is 4. The molecule has 2 aromatic heterocycles. The van der Waals surface area contributed by atoms with Crippen LogP contribution in [0.25, 0.3) is 0 Å². The van der Waals surface area contributed by atoms with Crippen LogP contribution >= 0.6 is 0 Å². The van der Waals surface area contributed by atoms with Crippen LogP contribution in [-0.4, -0.2) is 56.8 Å². The third-order valence-corrected chi connectivity index (χ3v) is 5.85. The van der Waals surface area contributed by atoms with Gasteiger partial charge in [0.2, 0.25) is 11.8 Å². The summed E-state index contributed by atoms with van der Waals surface area (Å²) >= 11 is 0. The minimum Gasteiger partial charge on any atom is -0.381 e. The van der Waals surface area contributed by atoms with Crippen LogP contribution in [-0.2, 0) is 22.5 Å². The number of nitrogens with zero attached hydrogens (tertiary/aromatic N) is 5. The van der Waals surface area contributed by atoms with Gasteiger partial charge in [0.25, 0.3) is 0 Å². The highest BCUT2D eigenvalue weighted by atomic mass is 16.5. The maximum Gasteiger partial charge on any atom is 0.229 e. The van der Waals surface area contributed by atoms with Gasteiger partial charge in [-0.15, -0.1) is 0 Å². The summed E-state index contributed by atoms with van der Waals surface area (Å²) in [6, 6.07) is 0. The molecule has 28 heavy (non-hydrogen) atoms. The Balaban J connectivity index is 1.22. The number of hydrogen-bond donors (Lipinski definition) is 0. The Kier molecular flexibility index (Phi) is 6.36. The molecule has 0 bridgehead atoms. The largest absolute Gasteiger partial charge is 0.381 e. The van der Waals surface area contributed by atoms with Crippen LogP contribution in [0.4, 0.5) is 0 Å². The Morgan fingerprint density at radius 3 is 2.96 bits per heavy atom. The topological polar surface area (TPSA) is 86.3 Å². The Labute approximate surface area is 165 Å². The summed E-state index contributed by atoms with van der Waals surface area (Å²) in [6.45, 7) is 3.95. The van der Waals surface area contributed by atoms with Gasteiger partial charge in [0, 0.05) is 64.0 Å². The minimum atomic E-state index is 0.236. The van der Waals surface area contributed by atoms with Crippen LogP contribution in [0.5, 0.6) is 0 Å². The first kappa shape index (κ1) is 19.1. The van der Waals surface area contributed by atoms with Gasteiger partial charge >= 0.3 is 0 Å². The van der Waals surface area contributed by atoms with E-state index in [1.165, 1.54) is 0 Å². The number of amides is 1. The molecular formula is C20H29N5O3. The summed E-state index contributed by atoms with van der Waals surface area (Å²) in [4.78, 5) is 23.2. The van der Waals surface area contributed by atoms with Crippen LogP contribution in [0.3, 0.4) is 0 Å². The predicted molar refractivity (Wildman–Crippen MR) is 102 cm³/mol. The number of likely N-dealkylation sites (tertiary alicyclic amines) is 1. The average Bonchev–Trinajstić information content (AvgIpc) is 3.43. The quantitative estimate of drug-likeness (QED) is 0.725. The Bertz CT molecular complexity index is 739. The van der Waals surface area contributed by atoms with Crippen molar-refractivity contribution >= 4 is 5.91 Å². The van der Waals surface area contributed by atoms with E-state index in [0.717, 1.165) is 76.5 Å². The number of hydrogen-bond acceptors (Lipinski definition) is 6. The molecule has 2 aliphatic heterocycles. The summed E-state index contributed by atoms with van der Waals surface area (Å²) in [7, 11) is 0. The molecule has 2 saturated heterocycles. The lowest BCUT2D eigenvalue weighted by Gasteiger charge is -2.32. The van der Waals surface area contributed by atoms with E-state index in [2.05, 4.69) is 15.1 Å². The van der Waals surface area contributed by atoms with E-state index in [1.54, 1.807) is 12.5 Å². The first-order valence-corrected chi connectivity index (χ1v) is 10.4. The molecule has 8 nitrogen and oxygen atoms in total. The standard InChI is InChI=1S/C20H29N5O3/c26-19(5-10-24-11-8-21-15-24)25-9-1-2-16(14-25)3-4-18-22-20(28-23-18)17-6-12-27-13-7-17/h8,11,15-17H,1-7,9-10,12-14H2. The highest BCUT2D eigenvalue weighted by Gasteiger charge is 2.25. The van der Waals surface area contributed by atoms with E-state index in [4.69, 9.17) is 9.26 Å². The van der Waals surface area contributed by atoms with E-state index < -0.39 is 0 Å². The predicted octanol–water partition coefficient (Wildman–Crippen LogP) is 2.42. The molecule has 4 rings (SSSR count). The molecule has 0 aromatic carbocycles. The van der Waals surface area contributed by atoms with Crippen molar-refractivity contribution in [1.29, 1.82) is 0 Å². The summed E-state index contributed by atoms with van der Waals surface area (Å²) in [5.74, 6) is 2.65. The lowest BCUT2D eigenvalue weighted by molar-refractivity contribution is -0.133. The molecule has 8 heteroatoms. The van der Waals surface area contributed by atoms with Crippen LogP contribution in [0, 0.1) is 5.92 Å². The number of ether oxygens (including phenoxy) is 1. The van der Waals surface area contributed by atoms with Gasteiger partial charge in [-0.3, -0.25) is 4.79 Å². The van der Waals surface area contributed by atoms with Crippen LogP contribution < -0.4 is 0 Å². The summed E-state index contributed by atoms with van der Waals surface area (Å²) in [6.07, 6.45) is 11.9. The zero-order valence-electron chi connectivity index (χ0n) is 16.3. The Hall–Kier alpha value is -2.22. The molecule has 2 aromatic rings. The zero-order valence-corrected chi connectivity index (χ0v) is 16.3. The smallest absolute Gasteiger partial charge is 0.229 e. The molecule has 0 N–H and O–H groups in total. The maximum atomic E-state index is 12.5. The highest BCUT2D eigenvalue weighted by molar-refractivity contribution is 5.76. The normalized spacial score (nSPS) is 21.1. The van der Waals surface area contributed by atoms with Gasteiger partial charge in [0.05, 0.1) is 6.33 Å². The second-order valence-electron chi connectivity index (χ2n) is 7.87. The molecule has 0 radical (unpaired) electrons. The highest BCUT2D eigenvalue weighted by Crippen LogP contribution is 2.26. The number of imidazole rings is 1. The van der Waals surface area contributed by atoms with Gasteiger partial charge in [0.15, 0.2) is 5.82 Å². The van der Waals surface area contributed by atoms with E-state index in [0.29, 0.717) is 24.8 Å². The molecule has 152 valence electrons. The summed E-state index contributed by atoms with van der Waals surface area (Å²) in [5, 5.41) is 4.17. The van der Waals surface area contributed by atoms with Gasteiger partial charge in [-0.05, 0) is 38.0 Å². The monoisotopic (exact) mass is 387 g/mol. The molecule has 1 atom stereocenters. The third kappa shape index (κ3) is 4.98. The van der Waals surface area contributed by atoms with Crippen molar-refractivity contribution in [2.24, 2.45) is 5.92 Å². The van der Waals surface area contributed by atoms with Crippen molar-refractivity contribution < 1.29 is 14.1 Å². The van der Waals surface area contributed by atoms with Gasteiger partial charge in [-0.2, -0.15) is 4.98 Å². The third-order valence-electron chi connectivity index (χ3n) is 5.85. The molecule has 2 fully saturated rings. The fourth-order valence-electron chi connectivity index (χ4n) is 4.14. The second-order valence-corrected chi connectivity index (χ2v) is 7.87. The lowest BCUT2D eigenvalue weighted by atomic mass is 9.93. The SMILES string of the molecule is O=C(CCn1ccnc1)N1CCCC(CCc2noc(C3CCOCC3)n2)C1. The van der Waals surface area contributed by atoms with Crippen molar-refractivity contribution in [3.8, 4) is 0 Å². The molecule has 0 saturated carbocycles. The fraction of sp³-hybridized carbons (Fsp3) is 0.700. The molecular weight excluding hydrogens is 358 g/mol. The molecule has 1 amide bonds. The molecule has 0 aliphatic carbocycles. The van der Waals surface area contributed by atoms with Crippen molar-refractivity contribution in [3.63, 3.8) is 0 Å². The Morgan fingerprint density at radius 2 is 2.14 bits per heavy atom. The number of aryl methyl sites for hydroxylation is 2. The number of piperidine rings is 1. The fourth-order valence-corrected chi connectivity index (χ4v) is 4.14. The van der Waals surface area contributed by atoms with Crippen LogP contribution in [0.15, 0.2) is 23.2 Å². The first-order valence-electron chi connectivity index (χ1n) is 10.4. The van der Waals surface area contributed by atoms with Gasteiger partial charge in [0.1, 0.15) is 0 Å². The number of carbonyl (C=O) groups excluding carboxylic acids is 1. The molecule has 2 aliphatic rings. The van der Waals surface area contributed by atoms with Gasteiger partial charge in [-0.1, -0.05) is 5.16 Å². The van der Waals surface area contributed by atoms with Crippen molar-refractivity contribution in [2.75, 3.05) is 26.3 Å². The second kappa shape index (κ2) is 9.32. The van der Waals surface area contributed by atoms with E-state index >= 15 is 0 Å². The van der Waals surface area contributed by atoms with Crippen molar-refractivity contribution in [2.45, 2.75) is 57.4 Å². The zero-order chi connectivity index (χ0) is 19.2. The van der Waals surface area contributed by atoms with E-state index in [9.17, 15) is 4.79 Å². The molecule has 1 unspecified atom stereocenters.